The number of aromatic carboxylic acids is 1. The van der Waals surface area contributed by atoms with E-state index in [1.54, 1.807) is 0 Å². The summed E-state index contributed by atoms with van der Waals surface area (Å²) >= 11 is 5.69. The molecule has 0 aromatic heterocycles. The Morgan fingerprint density at radius 1 is 1.05 bits per heavy atom. The molecule has 114 valence electrons. The molecule has 2 aromatic rings. The molecule has 22 heavy (non-hydrogen) atoms. The molecule has 0 heterocycles. The number of urea groups is 1. The van der Waals surface area contributed by atoms with E-state index in [0.717, 1.165) is 6.07 Å². The summed E-state index contributed by atoms with van der Waals surface area (Å²) in [7, 11) is 0. The summed E-state index contributed by atoms with van der Waals surface area (Å²) in [6.45, 7) is 0. The zero-order chi connectivity index (χ0) is 16.3. The normalized spacial score (nSPS) is 10.1. The zero-order valence-corrected chi connectivity index (χ0v) is 11.7. The molecule has 0 aliphatic carbocycles. The number of hydrogen-bond donors (Lipinski definition) is 4. The predicted molar refractivity (Wildman–Crippen MR) is 79.1 cm³/mol. The summed E-state index contributed by atoms with van der Waals surface area (Å²) in [6, 6.07) is 6.92. The molecule has 8 heteroatoms. The van der Waals surface area contributed by atoms with E-state index in [9.17, 15) is 19.1 Å². The minimum absolute atomic E-state index is 0.0352. The van der Waals surface area contributed by atoms with E-state index in [0.29, 0.717) is 0 Å². The number of halogens is 2. The Morgan fingerprint density at radius 2 is 1.64 bits per heavy atom. The van der Waals surface area contributed by atoms with Crippen molar-refractivity contribution in [3.8, 4) is 5.75 Å². The van der Waals surface area contributed by atoms with Crippen LogP contribution in [0.3, 0.4) is 0 Å². The lowest BCUT2D eigenvalue weighted by Gasteiger charge is -2.11. The van der Waals surface area contributed by atoms with Gasteiger partial charge >= 0.3 is 12.0 Å². The van der Waals surface area contributed by atoms with Gasteiger partial charge in [0, 0.05) is 0 Å². The fourth-order valence-electron chi connectivity index (χ4n) is 1.69. The molecule has 2 aromatic carbocycles. The van der Waals surface area contributed by atoms with E-state index >= 15 is 0 Å². The average molecular weight is 325 g/mol. The highest BCUT2D eigenvalue weighted by Crippen LogP contribution is 2.28. The van der Waals surface area contributed by atoms with E-state index in [4.69, 9.17) is 16.7 Å². The van der Waals surface area contributed by atoms with Gasteiger partial charge in [-0.1, -0.05) is 23.7 Å². The molecular formula is C14H10ClFN2O4. The van der Waals surface area contributed by atoms with Crippen molar-refractivity contribution >= 4 is 35.0 Å². The number of aromatic hydroxyl groups is 1. The van der Waals surface area contributed by atoms with Gasteiger partial charge in [0.25, 0.3) is 0 Å². The van der Waals surface area contributed by atoms with Gasteiger partial charge in [-0.3, -0.25) is 0 Å². The first-order valence-electron chi connectivity index (χ1n) is 5.97. The number of para-hydroxylation sites is 1. The van der Waals surface area contributed by atoms with Crippen molar-refractivity contribution in [2.75, 3.05) is 10.6 Å². The van der Waals surface area contributed by atoms with Crippen molar-refractivity contribution in [2.45, 2.75) is 0 Å². The van der Waals surface area contributed by atoms with Crippen LogP contribution >= 0.6 is 11.6 Å². The second-order valence-corrected chi connectivity index (χ2v) is 4.57. The quantitative estimate of drug-likeness (QED) is 0.649. The molecule has 0 aliphatic heterocycles. The smallest absolute Gasteiger partial charge is 0.339 e. The molecule has 0 bridgehead atoms. The Morgan fingerprint density at radius 3 is 2.32 bits per heavy atom. The van der Waals surface area contributed by atoms with Gasteiger partial charge in [0.15, 0.2) is 5.75 Å². The fraction of sp³-hybridized carbons (Fsp3) is 0. The van der Waals surface area contributed by atoms with Gasteiger partial charge in [-0.05, 0) is 24.3 Å². The van der Waals surface area contributed by atoms with Gasteiger partial charge in [0.2, 0.25) is 0 Å². The van der Waals surface area contributed by atoms with Crippen molar-refractivity contribution in [1.29, 1.82) is 0 Å². The number of rotatable bonds is 3. The molecule has 0 aliphatic rings. The third-order valence-corrected chi connectivity index (χ3v) is 3.10. The Hall–Kier alpha value is -2.80. The van der Waals surface area contributed by atoms with E-state index in [1.807, 2.05) is 0 Å². The van der Waals surface area contributed by atoms with Crippen LogP contribution in [0, 0.1) is 5.82 Å². The molecule has 4 N–H and O–H groups in total. The van der Waals surface area contributed by atoms with Gasteiger partial charge in [-0.15, -0.1) is 0 Å². The number of amides is 2. The van der Waals surface area contributed by atoms with Crippen LogP contribution in [0.1, 0.15) is 10.4 Å². The van der Waals surface area contributed by atoms with E-state index < -0.39 is 23.6 Å². The van der Waals surface area contributed by atoms with Gasteiger partial charge in [-0.2, -0.15) is 0 Å². The van der Waals surface area contributed by atoms with Gasteiger partial charge in [0.05, 0.1) is 16.4 Å². The Kier molecular flexibility index (Phi) is 4.47. The SMILES string of the molecule is O=C(Nc1cccc(C(=O)O)c1O)Nc1cccc(F)c1Cl. The van der Waals surface area contributed by atoms with Crippen LogP contribution < -0.4 is 10.6 Å². The number of nitrogens with one attached hydrogen (secondary N) is 2. The van der Waals surface area contributed by atoms with Crippen molar-refractivity contribution in [3.63, 3.8) is 0 Å². The maximum atomic E-state index is 13.3. The molecule has 0 atom stereocenters. The molecule has 6 nitrogen and oxygen atoms in total. The fourth-order valence-corrected chi connectivity index (χ4v) is 1.87. The summed E-state index contributed by atoms with van der Waals surface area (Å²) < 4.78 is 13.3. The summed E-state index contributed by atoms with van der Waals surface area (Å²) in [5.41, 5.74) is -0.431. The average Bonchev–Trinajstić information content (AvgIpc) is 2.46. The molecule has 0 saturated carbocycles. The number of anilines is 2. The molecule has 2 amide bonds. The highest BCUT2D eigenvalue weighted by Gasteiger charge is 2.15. The zero-order valence-electron chi connectivity index (χ0n) is 10.9. The third kappa shape index (κ3) is 3.26. The lowest BCUT2D eigenvalue weighted by Crippen LogP contribution is -2.20. The van der Waals surface area contributed by atoms with Crippen LogP contribution in [-0.4, -0.2) is 22.2 Å². The molecular weight excluding hydrogens is 315 g/mol. The second-order valence-electron chi connectivity index (χ2n) is 4.19. The molecule has 0 fully saturated rings. The summed E-state index contributed by atoms with van der Waals surface area (Å²) in [6.07, 6.45) is 0. The third-order valence-electron chi connectivity index (χ3n) is 2.71. The topological polar surface area (TPSA) is 98.7 Å². The van der Waals surface area contributed by atoms with E-state index in [2.05, 4.69) is 10.6 Å². The Balaban J connectivity index is 2.18. The first-order valence-corrected chi connectivity index (χ1v) is 6.35. The van der Waals surface area contributed by atoms with Crippen LogP contribution in [0.15, 0.2) is 36.4 Å². The standard InChI is InChI=1S/C14H10ClFN2O4/c15-11-8(16)4-2-5-9(11)17-14(22)18-10-6-1-3-7(12(10)19)13(20)21/h1-6,19H,(H,20,21)(H2,17,18,22). The monoisotopic (exact) mass is 324 g/mol. The number of carboxylic acids is 1. The Labute approximate surface area is 129 Å². The van der Waals surface area contributed by atoms with Crippen molar-refractivity contribution < 1.29 is 24.2 Å². The lowest BCUT2D eigenvalue weighted by molar-refractivity contribution is 0.0693. The highest BCUT2D eigenvalue weighted by atomic mass is 35.5. The van der Waals surface area contributed by atoms with Crippen LogP contribution in [-0.2, 0) is 0 Å². The van der Waals surface area contributed by atoms with Gasteiger partial charge < -0.3 is 20.8 Å². The number of phenols is 1. The molecule has 0 saturated heterocycles. The number of carbonyl (C=O) groups excluding carboxylic acids is 1. The van der Waals surface area contributed by atoms with Crippen LogP contribution in [0.4, 0.5) is 20.6 Å². The minimum Gasteiger partial charge on any atom is -0.505 e. The second kappa shape index (κ2) is 6.31. The number of carboxylic acid groups (broad SMARTS) is 1. The van der Waals surface area contributed by atoms with Crippen molar-refractivity contribution in [2.24, 2.45) is 0 Å². The highest BCUT2D eigenvalue weighted by molar-refractivity contribution is 6.34. The lowest BCUT2D eigenvalue weighted by atomic mass is 10.1. The van der Waals surface area contributed by atoms with Crippen LogP contribution in [0.25, 0.3) is 0 Å². The predicted octanol–water partition coefficient (Wildman–Crippen LogP) is 3.53. The van der Waals surface area contributed by atoms with E-state index in [-0.39, 0.29) is 22.0 Å². The number of hydrogen-bond acceptors (Lipinski definition) is 3. The Bertz CT molecular complexity index is 752. The maximum absolute atomic E-state index is 13.3. The summed E-state index contributed by atoms with van der Waals surface area (Å²) in [4.78, 5) is 22.7. The molecule has 0 radical (unpaired) electrons. The minimum atomic E-state index is -1.34. The molecule has 0 spiro atoms. The van der Waals surface area contributed by atoms with Crippen LogP contribution in [0.5, 0.6) is 5.75 Å². The van der Waals surface area contributed by atoms with Crippen molar-refractivity contribution in [3.05, 3.63) is 52.8 Å². The van der Waals surface area contributed by atoms with E-state index in [1.165, 1.54) is 30.3 Å². The number of benzene rings is 2. The first-order chi connectivity index (χ1) is 10.4. The van der Waals surface area contributed by atoms with Gasteiger partial charge in [-0.25, -0.2) is 14.0 Å². The summed E-state index contributed by atoms with van der Waals surface area (Å²) in [5.74, 6) is -2.62. The van der Waals surface area contributed by atoms with Crippen molar-refractivity contribution in [1.82, 2.24) is 0 Å². The molecule has 0 unspecified atom stereocenters. The molecule has 2 rings (SSSR count). The first kappa shape index (κ1) is 15.6. The summed E-state index contributed by atoms with van der Waals surface area (Å²) in [5, 5.41) is 22.9. The van der Waals surface area contributed by atoms with Crippen LogP contribution in [0.2, 0.25) is 5.02 Å². The largest absolute Gasteiger partial charge is 0.505 e. The van der Waals surface area contributed by atoms with Gasteiger partial charge in [0.1, 0.15) is 11.4 Å². The number of carbonyl (C=O) groups is 2. The maximum Gasteiger partial charge on any atom is 0.339 e.